The second kappa shape index (κ2) is 5.89. The molecule has 2 rings (SSSR count). The molecule has 0 unspecified atom stereocenters. The molecule has 114 valence electrons. The number of rotatable bonds is 4. The highest BCUT2D eigenvalue weighted by atomic mass is 19.2. The Bertz CT molecular complexity index is 632. The van der Waals surface area contributed by atoms with E-state index >= 15 is 0 Å². The predicted octanol–water partition coefficient (Wildman–Crippen LogP) is 3.64. The van der Waals surface area contributed by atoms with Crippen molar-refractivity contribution in [1.29, 1.82) is 0 Å². The lowest BCUT2D eigenvalue weighted by Crippen LogP contribution is -2.24. The van der Waals surface area contributed by atoms with E-state index in [1.165, 1.54) is 0 Å². The lowest BCUT2D eigenvalue weighted by Gasteiger charge is -2.25. The van der Waals surface area contributed by atoms with Crippen molar-refractivity contribution >= 4 is 0 Å². The third-order valence-corrected chi connectivity index (χ3v) is 3.81. The van der Waals surface area contributed by atoms with Crippen LogP contribution in [0, 0.1) is 31.3 Å². The zero-order valence-corrected chi connectivity index (χ0v) is 12.5. The molecule has 0 aliphatic carbocycles. The number of nitrogens with one attached hydrogen (secondary N) is 1. The van der Waals surface area contributed by atoms with Crippen molar-refractivity contribution < 1.29 is 13.2 Å². The number of aryl methyl sites for hydroxylation is 2. The summed E-state index contributed by atoms with van der Waals surface area (Å²) in [6.45, 7) is 5.65. The fraction of sp³-hybridized carbons (Fsp3) is 0.400. The van der Waals surface area contributed by atoms with E-state index in [4.69, 9.17) is 0 Å². The normalized spacial score (nSPS) is 13.0. The van der Waals surface area contributed by atoms with Crippen LogP contribution >= 0.6 is 0 Å². The summed E-state index contributed by atoms with van der Waals surface area (Å²) in [6.07, 6.45) is 0. The standard InChI is InChI=1S/C15H18F3N3/c1-8-14(9(2)20-19-8)10(3)21(4)7-11-12(16)5-6-13(17)15(11)18/h5-6,10H,7H2,1-4H3,(H,19,20)/t10-/m0/s1. The van der Waals surface area contributed by atoms with Crippen LogP contribution < -0.4 is 0 Å². The van der Waals surface area contributed by atoms with Gasteiger partial charge in [0.25, 0.3) is 0 Å². The summed E-state index contributed by atoms with van der Waals surface area (Å²) in [5, 5.41) is 7.00. The number of aromatic amines is 1. The minimum atomic E-state index is -1.13. The molecule has 1 heterocycles. The molecule has 0 radical (unpaired) electrons. The molecule has 0 spiro atoms. The van der Waals surface area contributed by atoms with Gasteiger partial charge in [-0.15, -0.1) is 0 Å². The quantitative estimate of drug-likeness (QED) is 0.874. The Morgan fingerprint density at radius 2 is 1.81 bits per heavy atom. The Morgan fingerprint density at radius 3 is 2.38 bits per heavy atom. The lowest BCUT2D eigenvalue weighted by molar-refractivity contribution is 0.243. The van der Waals surface area contributed by atoms with Crippen LogP contribution in [0.5, 0.6) is 0 Å². The van der Waals surface area contributed by atoms with E-state index in [1.807, 2.05) is 20.8 Å². The van der Waals surface area contributed by atoms with Crippen LogP contribution in [-0.4, -0.2) is 22.1 Å². The van der Waals surface area contributed by atoms with Crippen molar-refractivity contribution in [2.24, 2.45) is 0 Å². The molecule has 21 heavy (non-hydrogen) atoms. The van der Waals surface area contributed by atoms with Gasteiger partial charge < -0.3 is 0 Å². The summed E-state index contributed by atoms with van der Waals surface area (Å²) in [5.41, 5.74) is 2.47. The van der Waals surface area contributed by atoms with Crippen molar-refractivity contribution in [1.82, 2.24) is 15.1 Å². The minimum absolute atomic E-state index is 0.0271. The van der Waals surface area contributed by atoms with E-state index in [2.05, 4.69) is 10.2 Å². The number of halogens is 3. The summed E-state index contributed by atoms with van der Waals surface area (Å²) in [5.74, 6) is -2.91. The van der Waals surface area contributed by atoms with Gasteiger partial charge in [0.05, 0.1) is 5.69 Å². The molecule has 0 aliphatic heterocycles. The van der Waals surface area contributed by atoms with Crippen molar-refractivity contribution in [3.63, 3.8) is 0 Å². The van der Waals surface area contributed by atoms with Gasteiger partial charge in [-0.2, -0.15) is 5.10 Å². The van der Waals surface area contributed by atoms with Crippen LogP contribution in [-0.2, 0) is 6.54 Å². The summed E-state index contributed by atoms with van der Waals surface area (Å²) in [4.78, 5) is 1.76. The lowest BCUT2D eigenvalue weighted by atomic mass is 10.0. The molecule has 0 saturated heterocycles. The third kappa shape index (κ3) is 2.95. The molecule has 6 heteroatoms. The van der Waals surface area contributed by atoms with E-state index in [0.29, 0.717) is 0 Å². The molecular formula is C15H18F3N3. The van der Waals surface area contributed by atoms with Crippen molar-refractivity contribution in [3.05, 3.63) is 52.1 Å². The molecular weight excluding hydrogens is 279 g/mol. The number of H-pyrrole nitrogens is 1. The topological polar surface area (TPSA) is 31.9 Å². The Hall–Kier alpha value is -1.82. The SMILES string of the molecule is Cc1n[nH]c(C)c1[C@H](C)N(C)Cc1c(F)ccc(F)c1F. The molecule has 0 amide bonds. The van der Waals surface area contributed by atoms with Crippen LogP contribution in [0.1, 0.15) is 35.5 Å². The van der Waals surface area contributed by atoms with Gasteiger partial charge in [0, 0.05) is 29.4 Å². The van der Waals surface area contributed by atoms with E-state index in [-0.39, 0.29) is 18.2 Å². The highest BCUT2D eigenvalue weighted by Gasteiger charge is 2.22. The molecule has 2 aromatic rings. The molecule has 1 N–H and O–H groups in total. The number of benzene rings is 1. The average molecular weight is 297 g/mol. The molecule has 0 saturated carbocycles. The Labute approximate surface area is 121 Å². The van der Waals surface area contributed by atoms with Crippen LogP contribution in [0.3, 0.4) is 0 Å². The highest BCUT2D eigenvalue weighted by Crippen LogP contribution is 2.27. The largest absolute Gasteiger partial charge is 0.295 e. The van der Waals surface area contributed by atoms with Gasteiger partial charge >= 0.3 is 0 Å². The fourth-order valence-electron chi connectivity index (χ4n) is 2.50. The number of hydrogen-bond donors (Lipinski definition) is 1. The Morgan fingerprint density at radius 1 is 1.19 bits per heavy atom. The minimum Gasteiger partial charge on any atom is -0.295 e. The first-order chi connectivity index (χ1) is 9.82. The van der Waals surface area contributed by atoms with Crippen LogP contribution in [0.25, 0.3) is 0 Å². The molecule has 0 fully saturated rings. The summed E-state index contributed by atoms with van der Waals surface area (Å²) in [6, 6.07) is 1.63. The molecule has 1 aromatic carbocycles. The van der Waals surface area contributed by atoms with E-state index in [1.54, 1.807) is 11.9 Å². The van der Waals surface area contributed by atoms with Gasteiger partial charge in [-0.1, -0.05) is 0 Å². The average Bonchev–Trinajstić information content (AvgIpc) is 2.77. The zero-order valence-electron chi connectivity index (χ0n) is 12.5. The van der Waals surface area contributed by atoms with Crippen molar-refractivity contribution in [2.75, 3.05) is 7.05 Å². The zero-order chi connectivity index (χ0) is 15.7. The first kappa shape index (κ1) is 15.6. The number of hydrogen-bond acceptors (Lipinski definition) is 2. The third-order valence-electron chi connectivity index (χ3n) is 3.81. The molecule has 0 aliphatic rings. The van der Waals surface area contributed by atoms with Gasteiger partial charge in [-0.25, -0.2) is 13.2 Å². The van der Waals surface area contributed by atoms with E-state index in [0.717, 1.165) is 29.1 Å². The first-order valence-electron chi connectivity index (χ1n) is 6.67. The fourth-order valence-corrected chi connectivity index (χ4v) is 2.50. The van der Waals surface area contributed by atoms with Gasteiger partial charge in [-0.3, -0.25) is 10.00 Å². The number of nitrogens with zero attached hydrogens (tertiary/aromatic N) is 2. The maximum Gasteiger partial charge on any atom is 0.166 e. The second-order valence-corrected chi connectivity index (χ2v) is 5.26. The van der Waals surface area contributed by atoms with Gasteiger partial charge in [0.15, 0.2) is 11.6 Å². The Kier molecular flexibility index (Phi) is 4.37. The molecule has 0 bridgehead atoms. The van der Waals surface area contributed by atoms with Crippen LogP contribution in [0.15, 0.2) is 12.1 Å². The number of aromatic nitrogens is 2. The molecule has 3 nitrogen and oxygen atoms in total. The van der Waals surface area contributed by atoms with Crippen molar-refractivity contribution in [3.8, 4) is 0 Å². The first-order valence-corrected chi connectivity index (χ1v) is 6.67. The van der Waals surface area contributed by atoms with Gasteiger partial charge in [-0.05, 0) is 40.0 Å². The maximum atomic E-state index is 13.7. The smallest absolute Gasteiger partial charge is 0.166 e. The van der Waals surface area contributed by atoms with E-state index < -0.39 is 17.5 Å². The summed E-state index contributed by atoms with van der Waals surface area (Å²) in [7, 11) is 1.74. The monoisotopic (exact) mass is 297 g/mol. The van der Waals surface area contributed by atoms with Gasteiger partial charge in [0.2, 0.25) is 0 Å². The predicted molar refractivity (Wildman–Crippen MR) is 74.3 cm³/mol. The maximum absolute atomic E-state index is 13.7. The van der Waals surface area contributed by atoms with E-state index in [9.17, 15) is 13.2 Å². The van der Waals surface area contributed by atoms with Gasteiger partial charge in [0.1, 0.15) is 5.82 Å². The van der Waals surface area contributed by atoms with Crippen LogP contribution in [0.2, 0.25) is 0 Å². The highest BCUT2D eigenvalue weighted by molar-refractivity contribution is 5.27. The molecule has 1 aromatic heterocycles. The summed E-state index contributed by atoms with van der Waals surface area (Å²) < 4.78 is 40.7. The Balaban J connectivity index is 2.26. The summed E-state index contributed by atoms with van der Waals surface area (Å²) >= 11 is 0. The van der Waals surface area contributed by atoms with Crippen molar-refractivity contribution in [2.45, 2.75) is 33.4 Å². The second-order valence-electron chi connectivity index (χ2n) is 5.26. The van der Waals surface area contributed by atoms with Crippen LogP contribution in [0.4, 0.5) is 13.2 Å². The molecule has 1 atom stereocenters.